The highest BCUT2D eigenvalue weighted by Crippen LogP contribution is 2.24. The highest BCUT2D eigenvalue weighted by Gasteiger charge is 2.16. The van der Waals surface area contributed by atoms with E-state index in [0.29, 0.717) is 11.1 Å². The molecule has 0 aliphatic rings. The summed E-state index contributed by atoms with van der Waals surface area (Å²) in [6.45, 7) is 0. The van der Waals surface area contributed by atoms with Gasteiger partial charge in [-0.15, -0.1) is 0 Å². The van der Waals surface area contributed by atoms with Crippen molar-refractivity contribution >= 4 is 28.5 Å². The molecule has 0 bridgehead atoms. The van der Waals surface area contributed by atoms with Crippen LogP contribution in [0.3, 0.4) is 0 Å². The van der Waals surface area contributed by atoms with Crippen LogP contribution in [0.5, 0.6) is 5.75 Å². The number of carbonyl (C=O) groups excluding carboxylic acids is 2. The first-order valence-electron chi connectivity index (χ1n) is 7.23. The lowest BCUT2D eigenvalue weighted by atomic mass is 10.1. The van der Waals surface area contributed by atoms with Gasteiger partial charge < -0.3 is 24.4 Å². The number of nitrogens with one attached hydrogen (secondary N) is 1. The Hall–Kier alpha value is -3.61. The molecule has 0 unspecified atom stereocenters. The minimum absolute atomic E-state index is 0.0897. The van der Waals surface area contributed by atoms with E-state index in [1.165, 1.54) is 37.4 Å². The zero-order valence-corrected chi connectivity index (χ0v) is 13.1. The van der Waals surface area contributed by atoms with Crippen molar-refractivity contribution in [3.8, 4) is 5.75 Å². The molecule has 0 radical (unpaired) electrons. The molecule has 3 aromatic rings. The first-order valence-corrected chi connectivity index (χ1v) is 7.23. The van der Waals surface area contributed by atoms with E-state index >= 15 is 0 Å². The van der Waals surface area contributed by atoms with E-state index < -0.39 is 17.5 Å². The van der Waals surface area contributed by atoms with Crippen LogP contribution in [0.25, 0.3) is 11.0 Å². The van der Waals surface area contributed by atoms with Crippen LogP contribution in [0.15, 0.2) is 57.7 Å². The second kappa shape index (κ2) is 6.48. The molecule has 0 aliphatic heterocycles. The molecule has 126 valence electrons. The van der Waals surface area contributed by atoms with Crippen molar-refractivity contribution in [2.45, 2.75) is 0 Å². The first kappa shape index (κ1) is 16.3. The Morgan fingerprint density at radius 1 is 1.12 bits per heavy atom. The molecule has 1 amide bonds. The zero-order valence-electron chi connectivity index (χ0n) is 13.1. The number of para-hydroxylation sites is 1. The molecule has 0 atom stereocenters. The van der Waals surface area contributed by atoms with Crippen LogP contribution in [0.4, 0.5) is 5.69 Å². The van der Waals surface area contributed by atoms with Gasteiger partial charge in [-0.2, -0.15) is 0 Å². The summed E-state index contributed by atoms with van der Waals surface area (Å²) in [5.74, 6) is -1.70. The van der Waals surface area contributed by atoms with Gasteiger partial charge in [-0.25, -0.2) is 4.79 Å². The van der Waals surface area contributed by atoms with Gasteiger partial charge in [-0.1, -0.05) is 24.3 Å². The van der Waals surface area contributed by atoms with Crippen molar-refractivity contribution < 1.29 is 23.8 Å². The van der Waals surface area contributed by atoms with Crippen LogP contribution < -0.4 is 20.8 Å². The number of hydrogen-bond donors (Lipinski definition) is 1. The number of fused-ring (bicyclic) bond motifs is 1. The van der Waals surface area contributed by atoms with Gasteiger partial charge in [-0.05, 0) is 29.8 Å². The number of hydrogen-bond acceptors (Lipinski definition) is 6. The lowest BCUT2D eigenvalue weighted by Gasteiger charge is -2.08. The molecule has 0 fully saturated rings. The highest BCUT2D eigenvalue weighted by molar-refractivity contribution is 6.06. The second-order valence-corrected chi connectivity index (χ2v) is 5.15. The predicted octanol–water partition coefficient (Wildman–Crippen LogP) is 1.42. The van der Waals surface area contributed by atoms with E-state index in [1.54, 1.807) is 18.2 Å². The zero-order chi connectivity index (χ0) is 18.0. The molecular formula is C18H12NO6-. The number of aromatic carboxylic acids is 1. The number of carboxylic acids is 1. The van der Waals surface area contributed by atoms with E-state index in [1.807, 2.05) is 0 Å². The third-order valence-electron chi connectivity index (χ3n) is 3.54. The van der Waals surface area contributed by atoms with Gasteiger partial charge in [0.2, 0.25) is 0 Å². The monoisotopic (exact) mass is 338 g/mol. The quantitative estimate of drug-likeness (QED) is 0.721. The number of carboxylic acid groups (broad SMARTS) is 1. The van der Waals surface area contributed by atoms with E-state index in [-0.39, 0.29) is 22.4 Å². The summed E-state index contributed by atoms with van der Waals surface area (Å²) in [6.07, 6.45) is 0. The number of methoxy groups -OCH3 is 1. The van der Waals surface area contributed by atoms with Gasteiger partial charge in [0.05, 0.1) is 13.1 Å². The maximum atomic E-state index is 12.3. The normalized spacial score (nSPS) is 10.4. The molecule has 7 heteroatoms. The van der Waals surface area contributed by atoms with E-state index in [4.69, 9.17) is 9.15 Å². The highest BCUT2D eigenvalue weighted by atomic mass is 16.5. The van der Waals surface area contributed by atoms with Crippen LogP contribution in [-0.2, 0) is 0 Å². The van der Waals surface area contributed by atoms with Crippen LogP contribution in [0.2, 0.25) is 0 Å². The molecule has 25 heavy (non-hydrogen) atoms. The number of amides is 1. The molecule has 3 rings (SSSR count). The van der Waals surface area contributed by atoms with E-state index in [2.05, 4.69) is 5.32 Å². The fraction of sp³-hybridized carbons (Fsp3) is 0.0556. The minimum Gasteiger partial charge on any atom is -0.545 e. The van der Waals surface area contributed by atoms with Crippen molar-refractivity contribution in [2.24, 2.45) is 0 Å². The number of benzene rings is 2. The maximum absolute atomic E-state index is 12.3. The number of anilines is 1. The molecule has 0 spiro atoms. The molecule has 1 N–H and O–H groups in total. The maximum Gasteiger partial charge on any atom is 0.349 e. The second-order valence-electron chi connectivity index (χ2n) is 5.15. The lowest BCUT2D eigenvalue weighted by Crippen LogP contribution is -2.23. The predicted molar refractivity (Wildman–Crippen MR) is 87.8 cm³/mol. The fourth-order valence-electron chi connectivity index (χ4n) is 2.36. The third-order valence-corrected chi connectivity index (χ3v) is 3.54. The molecule has 0 saturated carbocycles. The van der Waals surface area contributed by atoms with Crippen molar-refractivity contribution in [1.29, 1.82) is 0 Å². The number of carbonyl (C=O) groups is 2. The van der Waals surface area contributed by atoms with Gasteiger partial charge in [0.1, 0.15) is 5.56 Å². The SMILES string of the molecule is COc1cccc2cc(C(=O)Nc3cccc(C(=O)[O-])c3)c(=O)oc12. The van der Waals surface area contributed by atoms with Crippen molar-refractivity contribution in [1.82, 2.24) is 0 Å². The fourth-order valence-corrected chi connectivity index (χ4v) is 2.36. The summed E-state index contributed by atoms with van der Waals surface area (Å²) in [7, 11) is 1.44. The summed E-state index contributed by atoms with van der Waals surface area (Å²) in [5.41, 5.74) is -0.666. The first-order chi connectivity index (χ1) is 12.0. The van der Waals surface area contributed by atoms with E-state index in [9.17, 15) is 19.5 Å². The average Bonchev–Trinajstić information content (AvgIpc) is 2.60. The molecule has 1 aromatic heterocycles. The minimum atomic E-state index is -1.37. The molecule has 7 nitrogen and oxygen atoms in total. The van der Waals surface area contributed by atoms with Crippen molar-refractivity contribution in [3.63, 3.8) is 0 Å². The molecule has 1 heterocycles. The van der Waals surface area contributed by atoms with Gasteiger partial charge >= 0.3 is 5.63 Å². The average molecular weight is 338 g/mol. The summed E-state index contributed by atoms with van der Waals surface area (Å²) in [6, 6.07) is 11.9. The number of ether oxygens (including phenoxy) is 1. The Balaban J connectivity index is 1.97. The van der Waals surface area contributed by atoms with Gasteiger partial charge in [0.25, 0.3) is 5.91 Å². The van der Waals surface area contributed by atoms with Crippen LogP contribution in [-0.4, -0.2) is 19.0 Å². The topological polar surface area (TPSA) is 109 Å². The van der Waals surface area contributed by atoms with Crippen LogP contribution >= 0.6 is 0 Å². The summed E-state index contributed by atoms with van der Waals surface area (Å²) in [5, 5.41) is 13.9. The molecule has 2 aromatic carbocycles. The molecular weight excluding hydrogens is 326 g/mol. The Morgan fingerprint density at radius 3 is 2.60 bits per heavy atom. The summed E-state index contributed by atoms with van der Waals surface area (Å²) < 4.78 is 10.3. The summed E-state index contributed by atoms with van der Waals surface area (Å²) >= 11 is 0. The molecule has 0 aliphatic carbocycles. The Bertz CT molecular complexity index is 1040. The molecule has 0 saturated heterocycles. The largest absolute Gasteiger partial charge is 0.545 e. The van der Waals surface area contributed by atoms with Crippen LogP contribution in [0.1, 0.15) is 20.7 Å². The Morgan fingerprint density at radius 2 is 1.88 bits per heavy atom. The van der Waals surface area contributed by atoms with Crippen molar-refractivity contribution in [3.05, 3.63) is 70.1 Å². The third kappa shape index (κ3) is 3.20. The van der Waals surface area contributed by atoms with Crippen LogP contribution in [0, 0.1) is 0 Å². The Kier molecular flexibility index (Phi) is 4.21. The van der Waals surface area contributed by atoms with Gasteiger partial charge in [0, 0.05) is 11.1 Å². The lowest BCUT2D eigenvalue weighted by molar-refractivity contribution is -0.255. The van der Waals surface area contributed by atoms with E-state index in [0.717, 1.165) is 0 Å². The Labute approximate surface area is 141 Å². The van der Waals surface area contributed by atoms with Gasteiger partial charge in [-0.3, -0.25) is 4.79 Å². The van der Waals surface area contributed by atoms with Gasteiger partial charge in [0.15, 0.2) is 11.3 Å². The number of rotatable bonds is 4. The summed E-state index contributed by atoms with van der Waals surface area (Å²) in [4.78, 5) is 35.3. The van der Waals surface area contributed by atoms with Crippen molar-refractivity contribution in [2.75, 3.05) is 12.4 Å². The smallest absolute Gasteiger partial charge is 0.349 e. The standard InChI is InChI=1S/C18H13NO6/c1-24-14-7-3-4-10-9-13(18(23)25-15(10)14)16(20)19-12-6-2-5-11(8-12)17(21)22/h2-9H,1H3,(H,19,20)(H,21,22)/p-1.